The van der Waals surface area contributed by atoms with E-state index < -0.39 is 17.7 Å². The van der Waals surface area contributed by atoms with Gasteiger partial charge in [0.15, 0.2) is 17.7 Å². The van der Waals surface area contributed by atoms with Crippen molar-refractivity contribution in [3.05, 3.63) is 52.9 Å². The molecule has 1 saturated heterocycles. The van der Waals surface area contributed by atoms with Gasteiger partial charge in [0.1, 0.15) is 16.6 Å². The molecule has 2 atom stereocenters. The summed E-state index contributed by atoms with van der Waals surface area (Å²) in [7, 11) is 0. The molecular formula is C15H14ClF2NO2. The van der Waals surface area contributed by atoms with E-state index in [0.717, 1.165) is 31.6 Å². The van der Waals surface area contributed by atoms with Gasteiger partial charge in [-0.3, -0.25) is 0 Å². The average Bonchev–Trinajstić information content (AvgIpc) is 3.16. The van der Waals surface area contributed by atoms with Gasteiger partial charge in [0, 0.05) is 12.5 Å². The number of furan rings is 1. The normalized spacial score (nSPS) is 19.7. The first-order chi connectivity index (χ1) is 10.2. The van der Waals surface area contributed by atoms with Crippen LogP contribution in [0.25, 0.3) is 0 Å². The third-order valence-corrected chi connectivity index (χ3v) is 3.95. The number of benzene rings is 1. The van der Waals surface area contributed by atoms with Crippen LogP contribution in [0.3, 0.4) is 0 Å². The lowest BCUT2D eigenvalue weighted by molar-refractivity contribution is 0.114. The summed E-state index contributed by atoms with van der Waals surface area (Å²) in [6.45, 7) is 1.57. The number of rotatable bonds is 4. The van der Waals surface area contributed by atoms with E-state index in [0.29, 0.717) is 5.76 Å². The second kappa shape index (κ2) is 6.03. The van der Waals surface area contributed by atoms with E-state index in [2.05, 4.69) is 5.32 Å². The maximum atomic E-state index is 13.9. The van der Waals surface area contributed by atoms with Crippen LogP contribution in [0.1, 0.15) is 18.3 Å². The third kappa shape index (κ3) is 2.89. The van der Waals surface area contributed by atoms with Gasteiger partial charge in [0.25, 0.3) is 0 Å². The number of hydrogen-bond acceptors (Lipinski definition) is 3. The highest BCUT2D eigenvalue weighted by molar-refractivity contribution is 6.32. The Labute approximate surface area is 125 Å². The molecule has 1 aromatic heterocycles. The molecule has 1 N–H and O–H groups in total. The van der Waals surface area contributed by atoms with Gasteiger partial charge in [0.2, 0.25) is 0 Å². The summed E-state index contributed by atoms with van der Waals surface area (Å²) in [6, 6.07) is 5.47. The van der Waals surface area contributed by atoms with Crippen molar-refractivity contribution >= 4 is 11.6 Å². The molecule has 0 amide bonds. The van der Waals surface area contributed by atoms with E-state index in [1.54, 1.807) is 12.1 Å². The van der Waals surface area contributed by atoms with Crippen molar-refractivity contribution in [1.82, 2.24) is 5.32 Å². The Hall–Kier alpha value is -1.59. The molecule has 0 saturated carbocycles. The van der Waals surface area contributed by atoms with E-state index >= 15 is 0 Å². The van der Waals surface area contributed by atoms with E-state index in [4.69, 9.17) is 20.8 Å². The Morgan fingerprint density at radius 1 is 1.29 bits per heavy atom. The fourth-order valence-corrected chi connectivity index (χ4v) is 2.72. The van der Waals surface area contributed by atoms with Crippen LogP contribution in [-0.4, -0.2) is 13.1 Å². The molecule has 0 bridgehead atoms. The second-order valence-corrected chi connectivity index (χ2v) is 5.36. The van der Waals surface area contributed by atoms with Crippen LogP contribution in [0.2, 0.25) is 5.02 Å². The largest absolute Gasteiger partial charge is 0.477 e. The van der Waals surface area contributed by atoms with Crippen molar-refractivity contribution in [2.45, 2.75) is 12.5 Å². The molecular weight excluding hydrogens is 300 g/mol. The van der Waals surface area contributed by atoms with Gasteiger partial charge in [0.05, 0.1) is 6.26 Å². The van der Waals surface area contributed by atoms with Crippen molar-refractivity contribution < 1.29 is 17.9 Å². The standard InChI is InChI=1S/C15H14ClF2NO2/c16-13-10(17)3-4-11(18)15(13)21-14(9-5-6-19-8-9)12-2-1-7-20-12/h1-4,7,9,14,19H,5-6,8H2/t9-,14?/m0/s1. The SMILES string of the molecule is Fc1ccc(F)c(OC(c2ccco2)[C@H]2CCNC2)c1Cl. The van der Waals surface area contributed by atoms with Crippen molar-refractivity contribution in [2.24, 2.45) is 5.92 Å². The van der Waals surface area contributed by atoms with Crippen LogP contribution < -0.4 is 10.1 Å². The van der Waals surface area contributed by atoms with Gasteiger partial charge in [-0.05, 0) is 37.2 Å². The number of ether oxygens (including phenoxy) is 1. The zero-order valence-corrected chi connectivity index (χ0v) is 11.9. The Balaban J connectivity index is 1.93. The van der Waals surface area contributed by atoms with Crippen molar-refractivity contribution in [3.63, 3.8) is 0 Å². The fraction of sp³-hybridized carbons (Fsp3) is 0.333. The Kier molecular flexibility index (Phi) is 4.12. The maximum Gasteiger partial charge on any atom is 0.177 e. The van der Waals surface area contributed by atoms with Crippen LogP contribution >= 0.6 is 11.6 Å². The number of nitrogens with one attached hydrogen (secondary N) is 1. The minimum Gasteiger partial charge on any atom is -0.477 e. The van der Waals surface area contributed by atoms with Crippen LogP contribution in [0.5, 0.6) is 5.75 Å². The Bertz CT molecular complexity index is 612. The molecule has 1 fully saturated rings. The van der Waals surface area contributed by atoms with Crippen molar-refractivity contribution in [2.75, 3.05) is 13.1 Å². The molecule has 21 heavy (non-hydrogen) atoms. The van der Waals surface area contributed by atoms with Gasteiger partial charge in [-0.1, -0.05) is 11.6 Å². The lowest BCUT2D eigenvalue weighted by atomic mass is 9.99. The van der Waals surface area contributed by atoms with Crippen LogP contribution in [0.4, 0.5) is 8.78 Å². The lowest BCUT2D eigenvalue weighted by Gasteiger charge is -2.23. The highest BCUT2D eigenvalue weighted by atomic mass is 35.5. The van der Waals surface area contributed by atoms with E-state index in [9.17, 15) is 8.78 Å². The topological polar surface area (TPSA) is 34.4 Å². The number of hydrogen-bond donors (Lipinski definition) is 1. The Morgan fingerprint density at radius 3 is 2.76 bits per heavy atom. The minimum absolute atomic E-state index is 0.106. The molecule has 2 heterocycles. The summed E-state index contributed by atoms with van der Waals surface area (Å²) < 4.78 is 38.5. The first-order valence-electron chi connectivity index (χ1n) is 6.71. The second-order valence-electron chi connectivity index (χ2n) is 4.98. The summed E-state index contributed by atoms with van der Waals surface area (Å²) in [6.07, 6.45) is 1.88. The molecule has 3 rings (SSSR count). The first kappa shape index (κ1) is 14.4. The van der Waals surface area contributed by atoms with Gasteiger partial charge in [-0.2, -0.15) is 0 Å². The van der Waals surface area contributed by atoms with Crippen molar-refractivity contribution in [3.8, 4) is 5.75 Å². The highest BCUT2D eigenvalue weighted by Crippen LogP contribution is 2.37. The predicted molar refractivity (Wildman–Crippen MR) is 74.4 cm³/mol. The predicted octanol–water partition coefficient (Wildman–Crippen LogP) is 3.94. The van der Waals surface area contributed by atoms with Crippen LogP contribution in [-0.2, 0) is 0 Å². The average molecular weight is 314 g/mol. The fourth-order valence-electron chi connectivity index (χ4n) is 2.52. The molecule has 1 unspecified atom stereocenters. The molecule has 1 aliphatic heterocycles. The summed E-state index contributed by atoms with van der Waals surface area (Å²) >= 11 is 5.82. The van der Waals surface area contributed by atoms with E-state index in [1.807, 2.05) is 0 Å². The molecule has 1 aromatic carbocycles. The molecule has 0 spiro atoms. The molecule has 112 valence electrons. The quantitative estimate of drug-likeness (QED) is 0.868. The van der Waals surface area contributed by atoms with E-state index in [-0.39, 0.29) is 16.7 Å². The third-order valence-electron chi connectivity index (χ3n) is 3.60. The zero-order chi connectivity index (χ0) is 14.8. The van der Waals surface area contributed by atoms with Crippen LogP contribution in [0.15, 0.2) is 34.9 Å². The van der Waals surface area contributed by atoms with Crippen molar-refractivity contribution in [1.29, 1.82) is 0 Å². The van der Waals surface area contributed by atoms with Gasteiger partial charge in [-0.15, -0.1) is 0 Å². The zero-order valence-electron chi connectivity index (χ0n) is 11.1. The summed E-state index contributed by atoms with van der Waals surface area (Å²) in [5.41, 5.74) is 0. The monoisotopic (exact) mass is 313 g/mol. The van der Waals surface area contributed by atoms with Gasteiger partial charge < -0.3 is 14.5 Å². The van der Waals surface area contributed by atoms with Gasteiger partial charge in [-0.25, -0.2) is 8.78 Å². The summed E-state index contributed by atoms with van der Waals surface area (Å²) in [5.74, 6) is -0.997. The minimum atomic E-state index is -0.712. The molecule has 1 aliphatic rings. The number of halogens is 3. The smallest absolute Gasteiger partial charge is 0.177 e. The van der Waals surface area contributed by atoms with E-state index in [1.165, 1.54) is 6.26 Å². The highest BCUT2D eigenvalue weighted by Gasteiger charge is 2.31. The Morgan fingerprint density at radius 2 is 2.10 bits per heavy atom. The molecule has 0 radical (unpaired) electrons. The molecule has 3 nitrogen and oxygen atoms in total. The maximum absolute atomic E-state index is 13.9. The molecule has 6 heteroatoms. The lowest BCUT2D eigenvalue weighted by Crippen LogP contribution is -2.21. The first-order valence-corrected chi connectivity index (χ1v) is 7.09. The summed E-state index contributed by atoms with van der Waals surface area (Å²) in [4.78, 5) is 0. The summed E-state index contributed by atoms with van der Waals surface area (Å²) in [5, 5.41) is 2.87. The molecule has 2 aromatic rings. The molecule has 0 aliphatic carbocycles. The van der Waals surface area contributed by atoms with Gasteiger partial charge >= 0.3 is 0 Å². The van der Waals surface area contributed by atoms with Crippen LogP contribution in [0, 0.1) is 17.6 Å².